The number of nitrogens with zero attached hydrogens (tertiary/aromatic N) is 2. The number of anilines is 1. The minimum absolute atomic E-state index is 0.344. The van der Waals surface area contributed by atoms with Gasteiger partial charge in [-0.1, -0.05) is 6.92 Å². The fourth-order valence-electron chi connectivity index (χ4n) is 1.66. The van der Waals surface area contributed by atoms with Crippen LogP contribution in [-0.4, -0.2) is 23.5 Å². The number of thiazole rings is 1. The van der Waals surface area contributed by atoms with Gasteiger partial charge in [-0.3, -0.25) is 0 Å². The molecule has 2 unspecified atom stereocenters. The Morgan fingerprint density at radius 3 is 3.15 bits per heavy atom. The molecule has 1 aliphatic heterocycles. The van der Waals surface area contributed by atoms with E-state index in [0.29, 0.717) is 11.3 Å². The summed E-state index contributed by atoms with van der Waals surface area (Å²) in [5.74, 6) is 0.569. The van der Waals surface area contributed by atoms with Gasteiger partial charge in [-0.2, -0.15) is 0 Å². The summed E-state index contributed by atoms with van der Waals surface area (Å²) < 4.78 is 0. The SMILES string of the molecule is CC1CN(c2nccs2)CCC1Cl. The van der Waals surface area contributed by atoms with Crippen molar-refractivity contribution in [1.29, 1.82) is 0 Å². The third kappa shape index (κ3) is 1.97. The molecular formula is C9H13ClN2S. The summed E-state index contributed by atoms with van der Waals surface area (Å²) in [4.78, 5) is 6.63. The summed E-state index contributed by atoms with van der Waals surface area (Å²) in [5, 5.41) is 3.50. The number of alkyl halides is 1. The molecule has 2 heterocycles. The normalized spacial score (nSPS) is 29.2. The number of halogens is 1. The maximum atomic E-state index is 6.15. The molecule has 0 aliphatic carbocycles. The molecular weight excluding hydrogens is 204 g/mol. The lowest BCUT2D eigenvalue weighted by Gasteiger charge is -2.33. The zero-order valence-corrected chi connectivity index (χ0v) is 9.18. The van der Waals surface area contributed by atoms with Crippen LogP contribution in [0.2, 0.25) is 0 Å². The van der Waals surface area contributed by atoms with Gasteiger partial charge in [-0.25, -0.2) is 4.98 Å². The maximum Gasteiger partial charge on any atom is 0.185 e. The first-order valence-electron chi connectivity index (χ1n) is 4.56. The van der Waals surface area contributed by atoms with Crippen LogP contribution in [0.25, 0.3) is 0 Å². The molecule has 13 heavy (non-hydrogen) atoms. The summed E-state index contributed by atoms with van der Waals surface area (Å²) in [7, 11) is 0. The molecule has 0 aromatic carbocycles. The lowest BCUT2D eigenvalue weighted by atomic mass is 10.0. The molecule has 0 radical (unpaired) electrons. The Kier molecular flexibility index (Phi) is 2.74. The van der Waals surface area contributed by atoms with Gasteiger partial charge < -0.3 is 4.90 Å². The van der Waals surface area contributed by atoms with Gasteiger partial charge in [0.15, 0.2) is 5.13 Å². The summed E-state index contributed by atoms with van der Waals surface area (Å²) in [5.41, 5.74) is 0. The van der Waals surface area contributed by atoms with Gasteiger partial charge in [0.25, 0.3) is 0 Å². The second-order valence-electron chi connectivity index (χ2n) is 3.54. The molecule has 1 aromatic heterocycles. The standard InChI is InChI=1S/C9H13ClN2S/c1-7-6-12(4-2-8(7)10)9-11-3-5-13-9/h3,5,7-8H,2,4,6H2,1H3. The fraction of sp³-hybridized carbons (Fsp3) is 0.667. The summed E-state index contributed by atoms with van der Waals surface area (Å²) in [6, 6.07) is 0. The third-order valence-electron chi connectivity index (χ3n) is 2.49. The third-order valence-corrected chi connectivity index (χ3v) is 3.97. The van der Waals surface area contributed by atoms with E-state index in [1.807, 2.05) is 11.6 Å². The first-order chi connectivity index (χ1) is 6.27. The van der Waals surface area contributed by atoms with Crippen LogP contribution >= 0.6 is 22.9 Å². The molecule has 2 atom stereocenters. The van der Waals surface area contributed by atoms with Gasteiger partial charge in [0.05, 0.1) is 0 Å². The zero-order chi connectivity index (χ0) is 9.26. The molecule has 0 saturated carbocycles. The van der Waals surface area contributed by atoms with Crippen LogP contribution in [-0.2, 0) is 0 Å². The van der Waals surface area contributed by atoms with Crippen molar-refractivity contribution in [3.63, 3.8) is 0 Å². The Morgan fingerprint density at radius 2 is 2.54 bits per heavy atom. The molecule has 0 bridgehead atoms. The van der Waals surface area contributed by atoms with Crippen molar-refractivity contribution in [2.45, 2.75) is 18.7 Å². The van der Waals surface area contributed by atoms with E-state index < -0.39 is 0 Å². The van der Waals surface area contributed by atoms with E-state index in [1.165, 1.54) is 0 Å². The van der Waals surface area contributed by atoms with E-state index in [9.17, 15) is 0 Å². The molecule has 1 aromatic rings. The Hall–Kier alpha value is -0.280. The first kappa shape index (κ1) is 9.28. The Balaban J connectivity index is 2.03. The Labute approximate surface area is 87.5 Å². The smallest absolute Gasteiger partial charge is 0.185 e. The van der Waals surface area contributed by atoms with Crippen LogP contribution < -0.4 is 4.90 Å². The van der Waals surface area contributed by atoms with Crippen molar-refractivity contribution in [2.75, 3.05) is 18.0 Å². The monoisotopic (exact) mass is 216 g/mol. The van der Waals surface area contributed by atoms with Crippen LogP contribution in [0, 0.1) is 5.92 Å². The van der Waals surface area contributed by atoms with Gasteiger partial charge in [0.1, 0.15) is 0 Å². The van der Waals surface area contributed by atoms with Gasteiger partial charge in [-0.05, 0) is 12.3 Å². The van der Waals surface area contributed by atoms with Crippen molar-refractivity contribution < 1.29 is 0 Å². The molecule has 4 heteroatoms. The molecule has 72 valence electrons. The van der Waals surface area contributed by atoms with Crippen LogP contribution in [0.3, 0.4) is 0 Å². The predicted octanol–water partition coefficient (Wildman–Crippen LogP) is 2.60. The highest BCUT2D eigenvalue weighted by Gasteiger charge is 2.25. The topological polar surface area (TPSA) is 16.1 Å². The average Bonchev–Trinajstić information content (AvgIpc) is 2.62. The van der Waals surface area contributed by atoms with E-state index in [1.54, 1.807) is 11.3 Å². The number of piperidine rings is 1. The van der Waals surface area contributed by atoms with Crippen LogP contribution in [0.4, 0.5) is 5.13 Å². The van der Waals surface area contributed by atoms with Crippen LogP contribution in [0.15, 0.2) is 11.6 Å². The minimum atomic E-state index is 0.344. The summed E-state index contributed by atoms with van der Waals surface area (Å²) >= 11 is 7.85. The Bertz CT molecular complexity index is 263. The van der Waals surface area contributed by atoms with Crippen molar-refractivity contribution in [3.05, 3.63) is 11.6 Å². The lowest BCUT2D eigenvalue weighted by Crippen LogP contribution is -2.39. The highest BCUT2D eigenvalue weighted by atomic mass is 35.5. The number of hydrogen-bond acceptors (Lipinski definition) is 3. The Morgan fingerprint density at radius 1 is 1.69 bits per heavy atom. The highest BCUT2D eigenvalue weighted by Crippen LogP contribution is 2.27. The maximum absolute atomic E-state index is 6.15. The number of hydrogen-bond donors (Lipinski definition) is 0. The zero-order valence-electron chi connectivity index (χ0n) is 7.61. The molecule has 0 N–H and O–H groups in total. The molecule has 2 nitrogen and oxygen atoms in total. The predicted molar refractivity (Wildman–Crippen MR) is 57.7 cm³/mol. The largest absolute Gasteiger partial charge is 0.348 e. The molecule has 1 saturated heterocycles. The molecule has 1 fully saturated rings. The fourth-order valence-corrected chi connectivity index (χ4v) is 2.52. The second kappa shape index (κ2) is 3.84. The molecule has 2 rings (SSSR count). The van der Waals surface area contributed by atoms with Gasteiger partial charge in [0, 0.05) is 30.0 Å². The first-order valence-corrected chi connectivity index (χ1v) is 5.87. The van der Waals surface area contributed by atoms with Crippen molar-refractivity contribution in [3.8, 4) is 0 Å². The van der Waals surface area contributed by atoms with E-state index in [4.69, 9.17) is 11.6 Å². The van der Waals surface area contributed by atoms with Gasteiger partial charge in [-0.15, -0.1) is 22.9 Å². The van der Waals surface area contributed by atoms with Gasteiger partial charge in [0.2, 0.25) is 0 Å². The average molecular weight is 217 g/mol. The molecule has 1 aliphatic rings. The van der Waals surface area contributed by atoms with E-state index >= 15 is 0 Å². The summed E-state index contributed by atoms with van der Waals surface area (Å²) in [6.07, 6.45) is 2.93. The van der Waals surface area contributed by atoms with E-state index in [-0.39, 0.29) is 0 Å². The molecule has 0 spiro atoms. The van der Waals surface area contributed by atoms with Crippen LogP contribution in [0.5, 0.6) is 0 Å². The van der Waals surface area contributed by atoms with Crippen LogP contribution in [0.1, 0.15) is 13.3 Å². The van der Waals surface area contributed by atoms with E-state index in [2.05, 4.69) is 16.8 Å². The number of aromatic nitrogens is 1. The quantitative estimate of drug-likeness (QED) is 0.671. The van der Waals surface area contributed by atoms with E-state index in [0.717, 1.165) is 24.6 Å². The van der Waals surface area contributed by atoms with Gasteiger partial charge >= 0.3 is 0 Å². The van der Waals surface area contributed by atoms with Crippen molar-refractivity contribution >= 4 is 28.1 Å². The highest BCUT2D eigenvalue weighted by molar-refractivity contribution is 7.13. The minimum Gasteiger partial charge on any atom is -0.348 e. The second-order valence-corrected chi connectivity index (χ2v) is 4.98. The molecule has 0 amide bonds. The number of rotatable bonds is 1. The lowest BCUT2D eigenvalue weighted by molar-refractivity contribution is 0.454. The summed E-state index contributed by atoms with van der Waals surface area (Å²) in [6.45, 7) is 4.30. The van der Waals surface area contributed by atoms with Crippen molar-refractivity contribution in [1.82, 2.24) is 4.98 Å². The van der Waals surface area contributed by atoms with Crippen molar-refractivity contribution in [2.24, 2.45) is 5.92 Å².